The van der Waals surface area contributed by atoms with E-state index in [1.165, 1.54) is 5.82 Å². The second-order valence-electron chi connectivity index (χ2n) is 4.38. The number of halogens is 1. The first-order chi connectivity index (χ1) is 7.91. The van der Waals surface area contributed by atoms with Crippen LogP contribution < -0.4 is 4.89 Å². The van der Waals surface area contributed by atoms with Gasteiger partial charge in [0.15, 0.2) is 0 Å². The minimum Gasteiger partial charge on any atom is -0.627 e. The Bertz CT molecular complexity index is 433. The molecule has 3 nitrogen and oxygen atoms in total. The van der Waals surface area contributed by atoms with Gasteiger partial charge in [-0.15, -0.1) is 0 Å². The first kappa shape index (κ1) is 13.2. The zero-order valence-electron chi connectivity index (χ0n) is 9.72. The number of hydrogen-bond donors (Lipinski definition) is 0. The summed E-state index contributed by atoms with van der Waals surface area (Å²) < 4.78 is 11.6. The van der Waals surface area contributed by atoms with Crippen molar-refractivity contribution in [2.75, 3.05) is 0 Å². The molecule has 0 aromatic heterocycles. The summed E-state index contributed by atoms with van der Waals surface area (Å²) in [5.74, 6) is 1.54. The molecule has 0 amide bonds. The van der Waals surface area contributed by atoms with Crippen molar-refractivity contribution < 1.29 is 13.9 Å². The molecule has 0 radical (unpaired) electrons. The Morgan fingerprint density at radius 2 is 2.00 bits per heavy atom. The molecule has 2 rings (SSSR count). The maximum absolute atomic E-state index is 12.3. The van der Waals surface area contributed by atoms with Gasteiger partial charge in [0, 0.05) is 0 Å². The van der Waals surface area contributed by atoms with Crippen LogP contribution in [0.5, 0.6) is 0 Å². The SMILES string of the molecule is CC1(C)O[P+]([O-])(OCc2ccccc2)C=C1Br. The smallest absolute Gasteiger partial charge is 0.266 e. The van der Waals surface area contributed by atoms with Gasteiger partial charge in [0.2, 0.25) is 0 Å². The summed E-state index contributed by atoms with van der Waals surface area (Å²) in [7, 11) is -3.12. The third-order valence-corrected chi connectivity index (χ3v) is 5.77. The molecule has 0 saturated heterocycles. The summed E-state index contributed by atoms with van der Waals surface area (Å²) in [6.07, 6.45) is 0. The van der Waals surface area contributed by atoms with Crippen molar-refractivity contribution in [2.24, 2.45) is 0 Å². The van der Waals surface area contributed by atoms with E-state index in [9.17, 15) is 4.89 Å². The number of rotatable bonds is 3. The van der Waals surface area contributed by atoms with Gasteiger partial charge < -0.3 is 4.89 Å². The molecule has 1 heterocycles. The van der Waals surface area contributed by atoms with Crippen LogP contribution in [0.15, 0.2) is 40.6 Å². The second kappa shape index (κ2) is 4.79. The van der Waals surface area contributed by atoms with Gasteiger partial charge in [-0.1, -0.05) is 30.3 Å². The maximum Gasteiger partial charge on any atom is 0.266 e. The van der Waals surface area contributed by atoms with E-state index in [1.807, 2.05) is 44.2 Å². The van der Waals surface area contributed by atoms with Gasteiger partial charge in [0.25, 0.3) is 7.94 Å². The van der Waals surface area contributed by atoms with E-state index < -0.39 is 13.5 Å². The van der Waals surface area contributed by atoms with Gasteiger partial charge in [0.05, 0.1) is 4.48 Å². The highest BCUT2D eigenvalue weighted by Crippen LogP contribution is 2.65. The van der Waals surface area contributed by atoms with Crippen LogP contribution in [0.25, 0.3) is 0 Å². The van der Waals surface area contributed by atoms with Gasteiger partial charge in [0.1, 0.15) is 18.0 Å². The molecule has 0 bridgehead atoms. The predicted molar refractivity (Wildman–Crippen MR) is 70.3 cm³/mol. The van der Waals surface area contributed by atoms with E-state index in [-0.39, 0.29) is 6.61 Å². The van der Waals surface area contributed by atoms with E-state index in [0.717, 1.165) is 10.0 Å². The van der Waals surface area contributed by atoms with Gasteiger partial charge >= 0.3 is 0 Å². The Morgan fingerprint density at radius 1 is 1.35 bits per heavy atom. The molecule has 0 saturated carbocycles. The Kier molecular flexibility index (Phi) is 3.71. The summed E-state index contributed by atoms with van der Waals surface area (Å²) in [6, 6.07) is 9.61. The second-order valence-corrected chi connectivity index (χ2v) is 7.01. The van der Waals surface area contributed by atoms with Crippen LogP contribution in [0.3, 0.4) is 0 Å². The van der Waals surface area contributed by atoms with Crippen molar-refractivity contribution in [3.63, 3.8) is 0 Å². The summed E-state index contributed by atoms with van der Waals surface area (Å²) in [4.78, 5) is 12.3. The standard InChI is InChI=1S/C12H14BrO3P/c1-12(2)11(13)9-17(14,16-12)15-8-10-6-4-3-5-7-10/h3-7,9H,8H2,1-2H3. The van der Waals surface area contributed by atoms with Gasteiger partial charge in [-0.25, -0.2) is 4.52 Å². The quantitative estimate of drug-likeness (QED) is 0.803. The van der Waals surface area contributed by atoms with E-state index in [2.05, 4.69) is 15.9 Å². The van der Waals surface area contributed by atoms with Crippen molar-refractivity contribution in [3.8, 4) is 0 Å². The van der Waals surface area contributed by atoms with E-state index in [0.29, 0.717) is 0 Å². The van der Waals surface area contributed by atoms with E-state index in [4.69, 9.17) is 9.05 Å². The van der Waals surface area contributed by atoms with Gasteiger partial charge in [-0.2, -0.15) is 4.52 Å². The van der Waals surface area contributed by atoms with Crippen LogP contribution >= 0.6 is 23.9 Å². The molecule has 1 aromatic rings. The minimum atomic E-state index is -3.12. The highest BCUT2D eigenvalue weighted by molar-refractivity contribution is 9.11. The fourth-order valence-corrected chi connectivity index (χ4v) is 4.28. The number of benzene rings is 1. The topological polar surface area (TPSA) is 41.5 Å². The highest BCUT2D eigenvalue weighted by atomic mass is 79.9. The highest BCUT2D eigenvalue weighted by Gasteiger charge is 2.46. The molecule has 0 spiro atoms. The van der Waals surface area contributed by atoms with Crippen molar-refractivity contribution in [1.82, 2.24) is 0 Å². The van der Waals surface area contributed by atoms with Crippen LogP contribution in [0.4, 0.5) is 0 Å². The third-order valence-electron chi connectivity index (χ3n) is 2.46. The zero-order valence-corrected chi connectivity index (χ0v) is 12.2. The van der Waals surface area contributed by atoms with Crippen molar-refractivity contribution in [1.29, 1.82) is 0 Å². The molecule has 1 atom stereocenters. The van der Waals surface area contributed by atoms with Crippen molar-refractivity contribution in [3.05, 3.63) is 46.2 Å². The van der Waals surface area contributed by atoms with Crippen LogP contribution in [0.1, 0.15) is 19.4 Å². The fraction of sp³-hybridized carbons (Fsp3) is 0.333. The largest absolute Gasteiger partial charge is 0.627 e. The summed E-state index contributed by atoms with van der Waals surface area (Å²) in [5, 5.41) is 0. The van der Waals surface area contributed by atoms with Crippen LogP contribution in [-0.4, -0.2) is 5.60 Å². The molecule has 1 aliphatic rings. The van der Waals surface area contributed by atoms with E-state index in [1.54, 1.807) is 0 Å². The lowest BCUT2D eigenvalue weighted by molar-refractivity contribution is -0.219. The molecular formula is C12H14BrO3P. The molecule has 5 heteroatoms. The maximum atomic E-state index is 12.3. The first-order valence-corrected chi connectivity index (χ1v) is 7.70. The third kappa shape index (κ3) is 3.15. The monoisotopic (exact) mass is 316 g/mol. The Balaban J connectivity index is 2.01. The predicted octanol–water partition coefficient (Wildman–Crippen LogP) is 3.37. The molecular weight excluding hydrogens is 303 g/mol. The summed E-state index contributed by atoms with van der Waals surface area (Å²) in [5.41, 5.74) is 0.396. The molecule has 1 aliphatic heterocycles. The number of hydrogen-bond acceptors (Lipinski definition) is 3. The molecule has 0 fully saturated rings. The van der Waals surface area contributed by atoms with Crippen LogP contribution in [-0.2, 0) is 15.7 Å². The van der Waals surface area contributed by atoms with E-state index >= 15 is 0 Å². The average molecular weight is 317 g/mol. The van der Waals surface area contributed by atoms with Crippen LogP contribution in [0, 0.1) is 0 Å². The van der Waals surface area contributed by atoms with Crippen LogP contribution in [0.2, 0.25) is 0 Å². The van der Waals surface area contributed by atoms with Gasteiger partial charge in [-0.3, -0.25) is 0 Å². The zero-order chi connectivity index (χ0) is 12.5. The first-order valence-electron chi connectivity index (χ1n) is 5.29. The summed E-state index contributed by atoms with van der Waals surface area (Å²) in [6.45, 7) is 3.98. The van der Waals surface area contributed by atoms with Crippen molar-refractivity contribution in [2.45, 2.75) is 26.1 Å². The lowest BCUT2D eigenvalue weighted by atomic mass is 10.1. The molecule has 92 valence electrons. The fourth-order valence-electron chi connectivity index (χ4n) is 1.48. The Hall–Kier alpha value is -0.250. The molecule has 1 aromatic carbocycles. The molecule has 17 heavy (non-hydrogen) atoms. The lowest BCUT2D eigenvalue weighted by Gasteiger charge is -2.24. The summed E-state index contributed by atoms with van der Waals surface area (Å²) >= 11 is 3.35. The van der Waals surface area contributed by atoms with Gasteiger partial charge in [-0.05, 0) is 35.3 Å². The Labute approximate surface area is 110 Å². The molecule has 0 aliphatic carbocycles. The normalized spacial score (nSPS) is 26.9. The average Bonchev–Trinajstić information content (AvgIpc) is 2.47. The Morgan fingerprint density at radius 3 is 2.53 bits per heavy atom. The molecule has 1 unspecified atom stereocenters. The minimum absolute atomic E-state index is 0.283. The lowest BCUT2D eigenvalue weighted by Crippen LogP contribution is -2.22. The van der Waals surface area contributed by atoms with Crippen molar-refractivity contribution >= 4 is 23.9 Å². The molecule has 0 N–H and O–H groups in total.